The van der Waals surface area contributed by atoms with Gasteiger partial charge in [0.25, 0.3) is 0 Å². The molecule has 0 saturated heterocycles. The van der Waals surface area contributed by atoms with Crippen LogP contribution in [-0.4, -0.2) is 15.4 Å². The fourth-order valence-corrected chi connectivity index (χ4v) is 3.95. The number of hydrogen-bond donors (Lipinski definition) is 1. The Kier molecular flexibility index (Phi) is 4.48. The van der Waals surface area contributed by atoms with Gasteiger partial charge in [-0.15, -0.1) is 0 Å². The van der Waals surface area contributed by atoms with Gasteiger partial charge in [-0.1, -0.05) is 62.6 Å². The number of pyridine rings is 1. The number of hydrogen-bond acceptors (Lipinski definition) is 2. The van der Waals surface area contributed by atoms with Gasteiger partial charge in [-0.2, -0.15) is 0 Å². The third kappa shape index (κ3) is 3.28. The second-order valence-electron chi connectivity index (χ2n) is 7.39. The zero-order chi connectivity index (χ0) is 17.2. The Morgan fingerprint density at radius 1 is 1.04 bits per heavy atom. The van der Waals surface area contributed by atoms with E-state index in [9.17, 15) is 0 Å². The summed E-state index contributed by atoms with van der Waals surface area (Å²) in [6.45, 7) is 4.40. The van der Waals surface area contributed by atoms with Gasteiger partial charge in [0, 0.05) is 18.2 Å². The molecule has 0 amide bonds. The lowest BCUT2D eigenvalue weighted by Gasteiger charge is -2.25. The summed E-state index contributed by atoms with van der Waals surface area (Å²) in [7, 11) is 0. The summed E-state index contributed by atoms with van der Waals surface area (Å²) >= 11 is 0. The topological polar surface area (TPSA) is 29.3 Å². The van der Waals surface area contributed by atoms with Gasteiger partial charge in [-0.25, -0.2) is 4.98 Å². The van der Waals surface area contributed by atoms with Gasteiger partial charge >= 0.3 is 0 Å². The lowest BCUT2D eigenvalue weighted by molar-refractivity contribution is 0.461. The van der Waals surface area contributed by atoms with Crippen LogP contribution in [0.4, 0.5) is 5.82 Å². The maximum Gasteiger partial charge on any atom is 0.138 e. The number of imidazole rings is 1. The van der Waals surface area contributed by atoms with E-state index < -0.39 is 0 Å². The van der Waals surface area contributed by atoms with Crippen molar-refractivity contribution in [3.05, 3.63) is 65.5 Å². The number of benzene rings is 1. The van der Waals surface area contributed by atoms with E-state index in [0.717, 1.165) is 11.3 Å². The molecule has 1 atom stereocenters. The molecule has 2 aromatic heterocycles. The van der Waals surface area contributed by atoms with Gasteiger partial charge in [0.1, 0.15) is 11.5 Å². The number of rotatable bonds is 4. The van der Waals surface area contributed by atoms with Gasteiger partial charge in [0.15, 0.2) is 0 Å². The lowest BCUT2D eigenvalue weighted by Crippen LogP contribution is -2.24. The first kappa shape index (κ1) is 16.2. The fraction of sp³-hybridized carbons (Fsp3) is 0.409. The molecule has 0 aliphatic heterocycles. The van der Waals surface area contributed by atoms with E-state index in [2.05, 4.69) is 72.2 Å². The highest BCUT2D eigenvalue weighted by molar-refractivity contribution is 5.58. The molecule has 1 saturated carbocycles. The molecule has 1 aromatic carbocycles. The predicted molar refractivity (Wildman–Crippen MR) is 104 cm³/mol. The Hall–Kier alpha value is -2.29. The Bertz CT molecular complexity index is 844. The average molecular weight is 333 g/mol. The molecule has 0 radical (unpaired) electrons. The Morgan fingerprint density at radius 3 is 2.56 bits per heavy atom. The van der Waals surface area contributed by atoms with Crippen molar-refractivity contribution in [2.45, 2.75) is 57.9 Å². The molecular weight excluding hydrogens is 306 g/mol. The maximum atomic E-state index is 5.00. The molecule has 0 unspecified atom stereocenters. The van der Waals surface area contributed by atoms with Crippen LogP contribution in [0.15, 0.2) is 48.7 Å². The van der Waals surface area contributed by atoms with Crippen LogP contribution in [0, 0.1) is 6.92 Å². The van der Waals surface area contributed by atoms with E-state index in [1.807, 2.05) is 0 Å². The fourth-order valence-electron chi connectivity index (χ4n) is 3.95. The maximum absolute atomic E-state index is 5.00. The molecule has 130 valence electrons. The number of anilines is 1. The molecule has 3 heteroatoms. The summed E-state index contributed by atoms with van der Waals surface area (Å²) in [6, 6.07) is 15.5. The summed E-state index contributed by atoms with van der Waals surface area (Å²) in [5.74, 6) is 1.45. The van der Waals surface area contributed by atoms with Crippen LogP contribution in [0.3, 0.4) is 0 Å². The molecule has 1 fully saturated rings. The smallest absolute Gasteiger partial charge is 0.138 e. The van der Waals surface area contributed by atoms with Gasteiger partial charge in [0.2, 0.25) is 0 Å². The van der Waals surface area contributed by atoms with Crippen molar-refractivity contribution in [3.63, 3.8) is 0 Å². The molecule has 0 spiro atoms. The van der Waals surface area contributed by atoms with Crippen molar-refractivity contribution in [1.82, 2.24) is 9.38 Å². The van der Waals surface area contributed by atoms with E-state index in [1.165, 1.54) is 49.0 Å². The van der Waals surface area contributed by atoms with Crippen molar-refractivity contribution < 1.29 is 0 Å². The van der Waals surface area contributed by atoms with Gasteiger partial charge in [0.05, 0.1) is 5.69 Å². The lowest BCUT2D eigenvalue weighted by atomic mass is 9.94. The molecule has 3 aromatic rings. The zero-order valence-electron chi connectivity index (χ0n) is 15.2. The van der Waals surface area contributed by atoms with E-state index in [4.69, 9.17) is 4.98 Å². The highest BCUT2D eigenvalue weighted by Gasteiger charge is 2.22. The van der Waals surface area contributed by atoms with Crippen LogP contribution < -0.4 is 5.32 Å². The molecule has 1 N–H and O–H groups in total. The van der Waals surface area contributed by atoms with Gasteiger partial charge in [-0.05, 0) is 37.0 Å². The summed E-state index contributed by atoms with van der Waals surface area (Å²) < 4.78 is 2.25. The van der Waals surface area contributed by atoms with Crippen LogP contribution in [-0.2, 0) is 0 Å². The monoisotopic (exact) mass is 333 g/mol. The van der Waals surface area contributed by atoms with Gasteiger partial charge in [-0.3, -0.25) is 4.40 Å². The second-order valence-corrected chi connectivity index (χ2v) is 7.39. The SMILES string of the molecule is Cc1ccc2nc([C@@H](C)c3ccccc3)c(NC3CCCCC3)n2c1. The van der Waals surface area contributed by atoms with E-state index in [1.54, 1.807) is 0 Å². The van der Waals surface area contributed by atoms with Crippen molar-refractivity contribution in [1.29, 1.82) is 0 Å². The molecule has 0 bridgehead atoms. The Balaban J connectivity index is 1.77. The third-order valence-electron chi connectivity index (χ3n) is 5.45. The standard InChI is InChI=1S/C22H27N3/c1-16-13-14-20-24-21(17(2)18-9-5-3-6-10-18)22(25(20)15-16)23-19-11-7-4-8-12-19/h3,5-6,9-10,13-15,17,19,23H,4,7-8,11-12H2,1-2H3/t17-/m0/s1. The highest BCUT2D eigenvalue weighted by atomic mass is 15.1. The van der Waals surface area contributed by atoms with E-state index in [-0.39, 0.29) is 5.92 Å². The largest absolute Gasteiger partial charge is 0.367 e. The normalized spacial score (nSPS) is 16.9. The number of fused-ring (bicyclic) bond motifs is 1. The summed E-state index contributed by atoms with van der Waals surface area (Å²) in [5.41, 5.74) is 4.76. The van der Waals surface area contributed by atoms with E-state index >= 15 is 0 Å². The number of nitrogens with one attached hydrogen (secondary N) is 1. The molecular formula is C22H27N3. The molecule has 3 nitrogen and oxygen atoms in total. The van der Waals surface area contributed by atoms with Crippen molar-refractivity contribution in [2.75, 3.05) is 5.32 Å². The summed E-state index contributed by atoms with van der Waals surface area (Å²) in [6.07, 6.45) is 8.76. The van der Waals surface area contributed by atoms with Crippen LogP contribution in [0.2, 0.25) is 0 Å². The van der Waals surface area contributed by atoms with Crippen molar-refractivity contribution in [3.8, 4) is 0 Å². The predicted octanol–water partition coefficient (Wildman–Crippen LogP) is 5.54. The minimum absolute atomic E-state index is 0.271. The number of aromatic nitrogens is 2. The quantitative estimate of drug-likeness (QED) is 0.679. The minimum Gasteiger partial charge on any atom is -0.367 e. The second kappa shape index (κ2) is 6.91. The van der Waals surface area contributed by atoms with Gasteiger partial charge < -0.3 is 5.32 Å². The van der Waals surface area contributed by atoms with Crippen molar-refractivity contribution in [2.24, 2.45) is 0 Å². The first-order chi connectivity index (χ1) is 12.2. The summed E-state index contributed by atoms with van der Waals surface area (Å²) in [5, 5.41) is 3.85. The van der Waals surface area contributed by atoms with Crippen LogP contribution in [0.5, 0.6) is 0 Å². The molecule has 25 heavy (non-hydrogen) atoms. The molecule has 4 rings (SSSR count). The summed E-state index contributed by atoms with van der Waals surface area (Å²) in [4.78, 5) is 5.00. The Labute approximate surface area is 150 Å². The average Bonchev–Trinajstić information content (AvgIpc) is 3.00. The first-order valence-electron chi connectivity index (χ1n) is 9.52. The molecule has 1 aliphatic carbocycles. The number of aryl methyl sites for hydroxylation is 1. The van der Waals surface area contributed by atoms with Crippen molar-refractivity contribution >= 4 is 11.5 Å². The van der Waals surface area contributed by atoms with Crippen LogP contribution in [0.1, 0.15) is 61.8 Å². The van der Waals surface area contributed by atoms with Crippen LogP contribution in [0.25, 0.3) is 5.65 Å². The molecule has 1 aliphatic rings. The molecule has 2 heterocycles. The number of nitrogens with zero attached hydrogens (tertiary/aromatic N) is 2. The Morgan fingerprint density at radius 2 is 1.80 bits per heavy atom. The first-order valence-corrected chi connectivity index (χ1v) is 9.52. The van der Waals surface area contributed by atoms with E-state index in [0.29, 0.717) is 6.04 Å². The van der Waals surface area contributed by atoms with Crippen LogP contribution >= 0.6 is 0 Å². The third-order valence-corrected chi connectivity index (χ3v) is 5.45. The highest BCUT2D eigenvalue weighted by Crippen LogP contribution is 2.32. The zero-order valence-corrected chi connectivity index (χ0v) is 15.2. The minimum atomic E-state index is 0.271.